The third kappa shape index (κ3) is 6.64. The van der Waals surface area contributed by atoms with Crippen LogP contribution in [0.15, 0.2) is 30.6 Å². The van der Waals surface area contributed by atoms with Gasteiger partial charge in [0.2, 0.25) is 5.91 Å². The zero-order valence-electron chi connectivity index (χ0n) is 20.0. The Hall–Kier alpha value is -3.24. The average Bonchev–Trinajstić information content (AvgIpc) is 2.79. The second-order valence-corrected chi connectivity index (χ2v) is 9.48. The fourth-order valence-corrected chi connectivity index (χ4v) is 3.82. The Kier molecular flexibility index (Phi) is 7.28. The number of carbonyl (C=O) groups excluding carboxylic acids is 2. The van der Waals surface area contributed by atoms with Gasteiger partial charge in [-0.05, 0) is 56.5 Å². The number of ether oxygens (including phenoxy) is 2. The van der Waals surface area contributed by atoms with E-state index in [0.29, 0.717) is 44.5 Å². The number of carbonyl (C=O) groups is 2. The molecule has 10 heteroatoms. The minimum Gasteiger partial charge on any atom is -0.444 e. The summed E-state index contributed by atoms with van der Waals surface area (Å²) < 4.78 is 10.8. The number of nitrogens with zero attached hydrogens (tertiary/aromatic N) is 4. The van der Waals surface area contributed by atoms with Crippen molar-refractivity contribution in [2.24, 2.45) is 0 Å². The molecule has 2 aromatic heterocycles. The maximum atomic E-state index is 12.4. The first-order valence-corrected chi connectivity index (χ1v) is 11.5. The van der Waals surface area contributed by atoms with Crippen molar-refractivity contribution < 1.29 is 19.1 Å². The molecule has 1 saturated heterocycles. The highest BCUT2D eigenvalue weighted by atomic mass is 16.6. The van der Waals surface area contributed by atoms with E-state index in [2.05, 4.69) is 25.5 Å². The molecule has 0 spiro atoms. The molecule has 34 heavy (non-hydrogen) atoms. The van der Waals surface area contributed by atoms with Crippen LogP contribution in [0.1, 0.15) is 31.9 Å². The summed E-state index contributed by atoms with van der Waals surface area (Å²) in [6.45, 7) is 9.83. The number of aromatic nitrogens is 2. The summed E-state index contributed by atoms with van der Waals surface area (Å²) in [5.74, 6) is 1.06. The first-order chi connectivity index (χ1) is 16.2. The van der Waals surface area contributed by atoms with Crippen molar-refractivity contribution in [3.63, 3.8) is 0 Å². The summed E-state index contributed by atoms with van der Waals surface area (Å²) >= 11 is 0. The van der Waals surface area contributed by atoms with Crippen molar-refractivity contribution in [2.75, 3.05) is 50.0 Å². The van der Waals surface area contributed by atoms with Crippen LogP contribution < -0.4 is 10.6 Å². The van der Waals surface area contributed by atoms with Crippen molar-refractivity contribution in [3.05, 3.63) is 41.7 Å². The third-order valence-electron chi connectivity index (χ3n) is 5.52. The van der Waals surface area contributed by atoms with Crippen LogP contribution in [0, 0.1) is 0 Å². The number of pyridine rings is 2. The van der Waals surface area contributed by atoms with E-state index in [1.54, 1.807) is 17.2 Å². The lowest BCUT2D eigenvalue weighted by molar-refractivity contribution is -0.118. The van der Waals surface area contributed by atoms with Crippen LogP contribution in [0.3, 0.4) is 0 Å². The van der Waals surface area contributed by atoms with Crippen LogP contribution in [0.25, 0.3) is 0 Å². The Balaban J connectivity index is 1.33. The van der Waals surface area contributed by atoms with Gasteiger partial charge in [0.05, 0.1) is 31.6 Å². The first-order valence-electron chi connectivity index (χ1n) is 11.5. The van der Waals surface area contributed by atoms with E-state index in [4.69, 9.17) is 9.47 Å². The minimum absolute atomic E-state index is 0.0963. The quantitative estimate of drug-likeness (QED) is 0.690. The molecule has 2 aliphatic heterocycles. The van der Waals surface area contributed by atoms with Gasteiger partial charge in [0.1, 0.15) is 17.2 Å². The number of nitrogens with one attached hydrogen (secondary N) is 2. The fourth-order valence-electron chi connectivity index (χ4n) is 3.82. The molecular weight excluding hydrogens is 436 g/mol. The second-order valence-electron chi connectivity index (χ2n) is 9.48. The molecule has 0 aliphatic carbocycles. The number of morpholine rings is 1. The molecule has 0 atom stereocenters. The smallest absolute Gasteiger partial charge is 0.410 e. The van der Waals surface area contributed by atoms with E-state index in [1.165, 1.54) is 0 Å². The summed E-state index contributed by atoms with van der Waals surface area (Å²) in [4.78, 5) is 37.3. The molecule has 10 nitrogen and oxygen atoms in total. The number of hydrogen-bond acceptors (Lipinski definition) is 8. The summed E-state index contributed by atoms with van der Waals surface area (Å²) in [6, 6.07) is 5.54. The lowest BCUT2D eigenvalue weighted by Crippen LogP contribution is -2.41. The number of fused-ring (bicyclic) bond motifs is 1. The van der Waals surface area contributed by atoms with Gasteiger partial charge in [-0.15, -0.1) is 0 Å². The Morgan fingerprint density at radius 3 is 2.53 bits per heavy atom. The van der Waals surface area contributed by atoms with E-state index in [-0.39, 0.29) is 12.0 Å². The van der Waals surface area contributed by atoms with Gasteiger partial charge in [-0.1, -0.05) is 0 Å². The Labute approximate surface area is 199 Å². The molecule has 1 fully saturated rings. The summed E-state index contributed by atoms with van der Waals surface area (Å²) in [5, 5.41) is 6.07. The summed E-state index contributed by atoms with van der Waals surface area (Å²) in [7, 11) is 0. The maximum absolute atomic E-state index is 12.4. The number of amides is 2. The first kappa shape index (κ1) is 23.9. The van der Waals surface area contributed by atoms with E-state index in [0.717, 1.165) is 36.3 Å². The van der Waals surface area contributed by atoms with Crippen LogP contribution in [-0.2, 0) is 27.2 Å². The molecule has 2 aliphatic rings. The SMILES string of the molecule is CC(C)(C)OC(=O)N1CCc2cnc(Nc3ccc(NC(=O)CN4CCOCC4)nc3)cc2C1. The van der Waals surface area contributed by atoms with E-state index in [9.17, 15) is 9.59 Å². The molecule has 0 bridgehead atoms. The fraction of sp³-hybridized carbons (Fsp3) is 0.500. The van der Waals surface area contributed by atoms with Crippen molar-refractivity contribution in [1.82, 2.24) is 19.8 Å². The molecule has 4 rings (SSSR count). The molecule has 0 saturated carbocycles. The van der Waals surface area contributed by atoms with Gasteiger partial charge in [0.15, 0.2) is 0 Å². The molecule has 0 unspecified atom stereocenters. The molecule has 0 radical (unpaired) electrons. The van der Waals surface area contributed by atoms with E-state index < -0.39 is 5.60 Å². The van der Waals surface area contributed by atoms with Gasteiger partial charge < -0.3 is 25.0 Å². The molecule has 2 N–H and O–H groups in total. The maximum Gasteiger partial charge on any atom is 0.410 e. The van der Waals surface area contributed by atoms with Crippen molar-refractivity contribution in [2.45, 2.75) is 39.3 Å². The normalized spacial score (nSPS) is 16.5. The molecule has 2 aromatic rings. The van der Waals surface area contributed by atoms with E-state index in [1.807, 2.05) is 39.1 Å². The van der Waals surface area contributed by atoms with Gasteiger partial charge in [0, 0.05) is 32.4 Å². The lowest BCUT2D eigenvalue weighted by Gasteiger charge is -2.31. The molecular formula is C24H32N6O4. The predicted molar refractivity (Wildman–Crippen MR) is 128 cm³/mol. The van der Waals surface area contributed by atoms with Crippen LogP contribution in [0.4, 0.5) is 22.1 Å². The number of hydrogen-bond donors (Lipinski definition) is 2. The predicted octanol–water partition coefficient (Wildman–Crippen LogP) is 2.78. The van der Waals surface area contributed by atoms with Gasteiger partial charge in [-0.25, -0.2) is 14.8 Å². The topological polar surface area (TPSA) is 109 Å². The Morgan fingerprint density at radius 1 is 1.06 bits per heavy atom. The monoisotopic (exact) mass is 468 g/mol. The van der Waals surface area contributed by atoms with Gasteiger partial charge in [-0.3, -0.25) is 9.69 Å². The summed E-state index contributed by atoms with van der Waals surface area (Å²) in [6.07, 6.45) is 3.93. The van der Waals surface area contributed by atoms with Crippen molar-refractivity contribution >= 4 is 29.3 Å². The standard InChI is InChI=1S/C24H32N6O4/c1-24(2,3)34-23(32)30-7-6-17-13-25-21(12-18(17)15-30)27-19-4-5-20(26-14-19)28-22(31)16-29-8-10-33-11-9-29/h4-5,12-14H,6-11,15-16H2,1-3H3,(H,25,27)(H,26,28,31). The number of anilines is 3. The van der Waals surface area contributed by atoms with Crippen molar-refractivity contribution in [3.8, 4) is 0 Å². The molecule has 182 valence electrons. The highest BCUT2D eigenvalue weighted by Gasteiger charge is 2.26. The molecule has 4 heterocycles. The van der Waals surface area contributed by atoms with Crippen molar-refractivity contribution in [1.29, 1.82) is 0 Å². The highest BCUT2D eigenvalue weighted by molar-refractivity contribution is 5.91. The second kappa shape index (κ2) is 10.4. The largest absolute Gasteiger partial charge is 0.444 e. The average molecular weight is 469 g/mol. The third-order valence-corrected chi connectivity index (χ3v) is 5.52. The zero-order valence-corrected chi connectivity index (χ0v) is 20.0. The molecule has 0 aromatic carbocycles. The van der Waals surface area contributed by atoms with Gasteiger partial charge in [-0.2, -0.15) is 0 Å². The Morgan fingerprint density at radius 2 is 1.82 bits per heavy atom. The van der Waals surface area contributed by atoms with Crippen LogP contribution in [0.5, 0.6) is 0 Å². The van der Waals surface area contributed by atoms with E-state index >= 15 is 0 Å². The Bertz CT molecular complexity index is 1020. The lowest BCUT2D eigenvalue weighted by atomic mass is 10.0. The van der Waals surface area contributed by atoms with Gasteiger partial charge in [0.25, 0.3) is 0 Å². The van der Waals surface area contributed by atoms with Gasteiger partial charge >= 0.3 is 6.09 Å². The highest BCUT2D eigenvalue weighted by Crippen LogP contribution is 2.24. The molecule has 2 amide bonds. The van der Waals surface area contributed by atoms with Crippen LogP contribution >= 0.6 is 0 Å². The minimum atomic E-state index is -0.524. The van der Waals surface area contributed by atoms with Crippen LogP contribution in [-0.4, -0.2) is 76.8 Å². The zero-order chi connectivity index (χ0) is 24.1. The summed E-state index contributed by atoms with van der Waals surface area (Å²) in [5.41, 5.74) is 2.39. The number of rotatable bonds is 5. The van der Waals surface area contributed by atoms with Crippen LogP contribution in [0.2, 0.25) is 0 Å².